The van der Waals surface area contributed by atoms with Gasteiger partial charge in [0.25, 0.3) is 5.91 Å². The van der Waals surface area contributed by atoms with Gasteiger partial charge in [-0.1, -0.05) is 18.2 Å². The number of carbonyl (C=O) groups is 1. The van der Waals surface area contributed by atoms with Crippen LogP contribution in [0.1, 0.15) is 16.9 Å². The second kappa shape index (κ2) is 4.85. The molecule has 1 aromatic carbocycles. The highest BCUT2D eigenvalue weighted by Crippen LogP contribution is 2.13. The molecule has 0 spiro atoms. The van der Waals surface area contributed by atoms with Crippen LogP contribution in [0.4, 0.5) is 0 Å². The third-order valence-corrected chi connectivity index (χ3v) is 3.28. The van der Waals surface area contributed by atoms with Crippen LogP contribution in [0.2, 0.25) is 0 Å². The molecule has 1 amide bonds. The third-order valence-electron chi connectivity index (χ3n) is 3.28. The van der Waals surface area contributed by atoms with Gasteiger partial charge >= 0.3 is 0 Å². The Balaban J connectivity index is 1.80. The molecule has 98 valence electrons. The summed E-state index contributed by atoms with van der Waals surface area (Å²) in [6, 6.07) is 11.4. The fourth-order valence-corrected chi connectivity index (χ4v) is 2.25. The fourth-order valence-electron chi connectivity index (χ4n) is 2.25. The molecule has 0 radical (unpaired) electrons. The largest absolute Gasteiger partial charge is 0.391 e. The van der Waals surface area contributed by atoms with Crippen molar-refractivity contribution in [2.75, 3.05) is 13.1 Å². The highest BCUT2D eigenvalue weighted by atomic mass is 16.3. The van der Waals surface area contributed by atoms with E-state index in [4.69, 9.17) is 0 Å². The number of hydrogen-bond donors (Lipinski definition) is 1. The summed E-state index contributed by atoms with van der Waals surface area (Å²) in [4.78, 5) is 13.8. The summed E-state index contributed by atoms with van der Waals surface area (Å²) in [5.74, 6) is -0.119. The Morgan fingerprint density at radius 3 is 2.74 bits per heavy atom. The van der Waals surface area contributed by atoms with Crippen LogP contribution < -0.4 is 0 Å². The molecule has 0 bridgehead atoms. The first-order chi connectivity index (χ1) is 9.24. The molecule has 1 saturated heterocycles. The summed E-state index contributed by atoms with van der Waals surface area (Å²) >= 11 is 0. The smallest absolute Gasteiger partial charge is 0.274 e. The molecule has 0 aliphatic carbocycles. The molecular weight excluding hydrogens is 242 g/mol. The second-order valence-corrected chi connectivity index (χ2v) is 4.67. The molecule has 5 nitrogen and oxygen atoms in total. The molecule has 1 N–H and O–H groups in total. The summed E-state index contributed by atoms with van der Waals surface area (Å²) in [5.41, 5.74) is 1.33. The molecule has 3 rings (SSSR count). The lowest BCUT2D eigenvalue weighted by Crippen LogP contribution is -2.29. The topological polar surface area (TPSA) is 58.4 Å². The van der Waals surface area contributed by atoms with Gasteiger partial charge < -0.3 is 10.0 Å². The lowest BCUT2D eigenvalue weighted by molar-refractivity contribution is 0.0759. The Labute approximate surface area is 111 Å². The number of aliphatic hydroxyl groups excluding tert-OH is 1. The van der Waals surface area contributed by atoms with Crippen LogP contribution >= 0.6 is 0 Å². The molecule has 0 saturated carbocycles. The van der Waals surface area contributed by atoms with Gasteiger partial charge in [0.1, 0.15) is 0 Å². The van der Waals surface area contributed by atoms with Gasteiger partial charge in [0.05, 0.1) is 11.8 Å². The number of aliphatic hydroxyl groups is 1. The molecule has 1 atom stereocenters. The van der Waals surface area contributed by atoms with E-state index in [2.05, 4.69) is 5.10 Å². The zero-order chi connectivity index (χ0) is 13.2. The summed E-state index contributed by atoms with van der Waals surface area (Å²) < 4.78 is 1.68. The molecule has 0 unspecified atom stereocenters. The van der Waals surface area contributed by atoms with E-state index in [1.165, 1.54) is 0 Å². The van der Waals surface area contributed by atoms with Crippen molar-refractivity contribution in [1.29, 1.82) is 0 Å². The van der Waals surface area contributed by atoms with E-state index < -0.39 is 6.10 Å². The van der Waals surface area contributed by atoms with Crippen molar-refractivity contribution >= 4 is 5.91 Å². The highest BCUT2D eigenvalue weighted by molar-refractivity contribution is 5.92. The molecule has 2 aromatic rings. The van der Waals surface area contributed by atoms with Crippen molar-refractivity contribution in [1.82, 2.24) is 14.7 Å². The molecular formula is C14H15N3O2. The summed E-state index contributed by atoms with van der Waals surface area (Å²) in [5, 5.41) is 13.8. The minimum atomic E-state index is -0.403. The van der Waals surface area contributed by atoms with Gasteiger partial charge in [-0.15, -0.1) is 0 Å². The van der Waals surface area contributed by atoms with E-state index in [1.807, 2.05) is 30.3 Å². The quantitative estimate of drug-likeness (QED) is 0.875. The number of hydrogen-bond acceptors (Lipinski definition) is 3. The molecule has 5 heteroatoms. The predicted octanol–water partition coefficient (Wildman–Crippen LogP) is 1.08. The Kier molecular flexibility index (Phi) is 3.05. The maximum absolute atomic E-state index is 12.2. The van der Waals surface area contributed by atoms with Crippen LogP contribution in [-0.4, -0.2) is 44.9 Å². The van der Waals surface area contributed by atoms with Crippen LogP contribution in [0.15, 0.2) is 42.6 Å². The Morgan fingerprint density at radius 1 is 1.26 bits per heavy atom. The minimum absolute atomic E-state index is 0.119. The lowest BCUT2D eigenvalue weighted by Gasteiger charge is -2.13. The van der Waals surface area contributed by atoms with Gasteiger partial charge in [0, 0.05) is 19.3 Å². The maximum atomic E-state index is 12.2. The first kappa shape index (κ1) is 11.9. The number of nitrogens with zero attached hydrogens (tertiary/aromatic N) is 3. The zero-order valence-corrected chi connectivity index (χ0v) is 10.4. The van der Waals surface area contributed by atoms with E-state index in [-0.39, 0.29) is 5.91 Å². The summed E-state index contributed by atoms with van der Waals surface area (Å²) in [6.45, 7) is 0.995. The van der Waals surface area contributed by atoms with Crippen molar-refractivity contribution in [2.24, 2.45) is 0 Å². The number of carbonyl (C=O) groups excluding carboxylic acids is 1. The SMILES string of the molecule is O=C(c1ccn(-c2ccccc2)n1)N1CC[C@H](O)C1. The van der Waals surface area contributed by atoms with Crippen LogP contribution in [-0.2, 0) is 0 Å². The van der Waals surface area contributed by atoms with Gasteiger partial charge in [-0.3, -0.25) is 4.79 Å². The van der Waals surface area contributed by atoms with Gasteiger partial charge in [0.2, 0.25) is 0 Å². The van der Waals surface area contributed by atoms with Gasteiger partial charge in [-0.2, -0.15) is 5.10 Å². The van der Waals surface area contributed by atoms with E-state index in [1.54, 1.807) is 21.8 Å². The maximum Gasteiger partial charge on any atom is 0.274 e. The number of rotatable bonds is 2. The molecule has 19 heavy (non-hydrogen) atoms. The average molecular weight is 257 g/mol. The highest BCUT2D eigenvalue weighted by Gasteiger charge is 2.26. The lowest BCUT2D eigenvalue weighted by atomic mass is 10.3. The van der Waals surface area contributed by atoms with Crippen LogP contribution in [0.25, 0.3) is 5.69 Å². The van der Waals surface area contributed by atoms with Crippen molar-refractivity contribution in [3.05, 3.63) is 48.3 Å². The first-order valence-electron chi connectivity index (χ1n) is 6.32. The number of β-amino-alcohol motifs (C(OH)–C–C–N with tert-alkyl or cyclic N) is 1. The third kappa shape index (κ3) is 2.37. The van der Waals surface area contributed by atoms with Crippen LogP contribution in [0.3, 0.4) is 0 Å². The number of likely N-dealkylation sites (tertiary alicyclic amines) is 1. The molecule has 1 aliphatic rings. The molecule has 2 heterocycles. The fraction of sp³-hybridized carbons (Fsp3) is 0.286. The summed E-state index contributed by atoms with van der Waals surface area (Å²) in [7, 11) is 0. The molecule has 1 aliphatic heterocycles. The first-order valence-corrected chi connectivity index (χ1v) is 6.32. The van der Waals surface area contributed by atoms with Crippen molar-refractivity contribution < 1.29 is 9.90 Å². The van der Waals surface area contributed by atoms with Crippen LogP contribution in [0.5, 0.6) is 0 Å². The second-order valence-electron chi connectivity index (χ2n) is 4.67. The summed E-state index contributed by atoms with van der Waals surface area (Å²) in [6.07, 6.45) is 2.01. The standard InChI is InChI=1S/C14H15N3O2/c18-12-6-8-16(10-12)14(19)13-7-9-17(15-13)11-4-2-1-3-5-11/h1-5,7,9,12,18H,6,8,10H2/t12-/m0/s1. The predicted molar refractivity (Wildman–Crippen MR) is 70.1 cm³/mol. The van der Waals surface area contributed by atoms with E-state index in [0.717, 1.165) is 5.69 Å². The number of benzene rings is 1. The van der Waals surface area contributed by atoms with Crippen molar-refractivity contribution in [2.45, 2.75) is 12.5 Å². The van der Waals surface area contributed by atoms with E-state index in [0.29, 0.717) is 25.2 Å². The van der Waals surface area contributed by atoms with Gasteiger partial charge in [-0.25, -0.2) is 4.68 Å². The zero-order valence-electron chi connectivity index (χ0n) is 10.4. The average Bonchev–Trinajstić information content (AvgIpc) is 3.08. The normalized spacial score (nSPS) is 18.8. The monoisotopic (exact) mass is 257 g/mol. The molecule has 1 aromatic heterocycles. The van der Waals surface area contributed by atoms with E-state index in [9.17, 15) is 9.90 Å². The van der Waals surface area contributed by atoms with Gasteiger partial charge in [-0.05, 0) is 24.6 Å². The van der Waals surface area contributed by atoms with E-state index >= 15 is 0 Å². The Bertz CT molecular complexity index is 579. The Hall–Kier alpha value is -2.14. The Morgan fingerprint density at radius 2 is 2.05 bits per heavy atom. The number of para-hydroxylation sites is 1. The number of aromatic nitrogens is 2. The minimum Gasteiger partial charge on any atom is -0.391 e. The van der Waals surface area contributed by atoms with Crippen LogP contribution in [0, 0.1) is 0 Å². The van der Waals surface area contributed by atoms with Gasteiger partial charge in [0.15, 0.2) is 5.69 Å². The van der Waals surface area contributed by atoms with Crippen molar-refractivity contribution in [3.63, 3.8) is 0 Å². The number of amides is 1. The van der Waals surface area contributed by atoms with Crippen molar-refractivity contribution in [3.8, 4) is 5.69 Å². The molecule has 1 fully saturated rings.